The molecule has 5 aliphatic carbocycles. The van der Waals surface area contributed by atoms with E-state index in [9.17, 15) is 4.79 Å². The summed E-state index contributed by atoms with van der Waals surface area (Å²) in [5.41, 5.74) is 6.04. The average Bonchev–Trinajstić information content (AvgIpc) is 3.54. The van der Waals surface area contributed by atoms with Crippen LogP contribution in [0, 0.1) is 34.5 Å². The van der Waals surface area contributed by atoms with E-state index in [0.717, 1.165) is 78.5 Å². The van der Waals surface area contributed by atoms with Crippen molar-refractivity contribution in [2.75, 3.05) is 5.75 Å². The van der Waals surface area contributed by atoms with Crippen molar-refractivity contribution in [3.05, 3.63) is 78.1 Å². The molecule has 3 saturated carbocycles. The standard InChI is InChI=1S/C36H41NO2S/c1-23-18-19-35(2)26(20-23)14-16-28-29-17-15-27(36(29,3)21-30(38)31(28)35)22-40-34-37-32(24-10-6-4-7-11-24)33(39-34)25-12-8-5-9-13-25/h5-6,8-13,20,27-29,31H,1,4,7,14-19,21-22H2,2-3H3. The molecule has 5 aliphatic rings. The Morgan fingerprint density at radius 3 is 2.75 bits per heavy atom. The van der Waals surface area contributed by atoms with Gasteiger partial charge in [0.2, 0.25) is 0 Å². The molecule has 0 aliphatic heterocycles. The fourth-order valence-corrected chi connectivity index (χ4v) is 10.3. The van der Waals surface area contributed by atoms with Crippen molar-refractivity contribution in [2.45, 2.75) is 76.9 Å². The van der Waals surface area contributed by atoms with Gasteiger partial charge >= 0.3 is 0 Å². The minimum Gasteiger partial charge on any atom is -0.431 e. The first kappa shape index (κ1) is 26.3. The van der Waals surface area contributed by atoms with Crippen molar-refractivity contribution in [3.8, 4) is 11.3 Å². The lowest BCUT2D eigenvalue weighted by molar-refractivity contribution is -0.144. The van der Waals surface area contributed by atoms with Gasteiger partial charge in [-0.05, 0) is 85.5 Å². The number of allylic oxidation sites excluding steroid dienone is 7. The molecule has 0 bridgehead atoms. The van der Waals surface area contributed by atoms with Crippen LogP contribution < -0.4 is 0 Å². The number of ketones is 1. The zero-order valence-corrected chi connectivity index (χ0v) is 24.8. The van der Waals surface area contributed by atoms with Crippen LogP contribution in [0.4, 0.5) is 0 Å². The molecule has 0 spiro atoms. The molecule has 208 valence electrons. The number of benzene rings is 1. The number of aromatic nitrogens is 1. The molecule has 0 saturated heterocycles. The Morgan fingerprint density at radius 2 is 1.95 bits per heavy atom. The molecule has 4 heteroatoms. The van der Waals surface area contributed by atoms with Gasteiger partial charge in [0.15, 0.2) is 5.76 Å². The van der Waals surface area contributed by atoms with Crippen molar-refractivity contribution in [3.63, 3.8) is 0 Å². The molecule has 1 heterocycles. The molecule has 2 aromatic rings. The van der Waals surface area contributed by atoms with Crippen LogP contribution in [0.3, 0.4) is 0 Å². The molecule has 0 N–H and O–H groups in total. The number of fused-ring (bicyclic) bond motifs is 5. The third-order valence-electron chi connectivity index (χ3n) is 11.3. The summed E-state index contributed by atoms with van der Waals surface area (Å²) in [7, 11) is 0. The molecular weight excluding hydrogens is 510 g/mol. The highest BCUT2D eigenvalue weighted by Crippen LogP contribution is 2.66. The number of carbonyl (C=O) groups excluding carboxylic acids is 1. The van der Waals surface area contributed by atoms with Gasteiger partial charge in [-0.2, -0.15) is 0 Å². The van der Waals surface area contributed by atoms with E-state index in [2.05, 4.69) is 69.0 Å². The van der Waals surface area contributed by atoms with E-state index in [1.54, 1.807) is 11.8 Å². The van der Waals surface area contributed by atoms with Gasteiger partial charge in [-0.25, -0.2) is 4.98 Å². The number of thioether (sulfide) groups is 1. The van der Waals surface area contributed by atoms with Gasteiger partial charge in [-0.3, -0.25) is 4.79 Å². The molecule has 3 fully saturated rings. The number of hydrogen-bond acceptors (Lipinski definition) is 4. The first-order valence-corrected chi connectivity index (χ1v) is 16.3. The second kappa shape index (κ2) is 10.0. The number of rotatable bonds is 5. The van der Waals surface area contributed by atoms with Crippen LogP contribution in [0.2, 0.25) is 0 Å². The van der Waals surface area contributed by atoms with E-state index in [1.807, 2.05) is 6.07 Å². The van der Waals surface area contributed by atoms with E-state index in [4.69, 9.17) is 9.40 Å². The number of carbonyl (C=O) groups is 1. The van der Waals surface area contributed by atoms with Crippen LogP contribution in [-0.2, 0) is 4.79 Å². The maximum absolute atomic E-state index is 14.0. The van der Waals surface area contributed by atoms with E-state index in [-0.39, 0.29) is 16.7 Å². The summed E-state index contributed by atoms with van der Waals surface area (Å²) in [5.74, 6) is 4.23. The van der Waals surface area contributed by atoms with Gasteiger partial charge in [0.25, 0.3) is 5.22 Å². The summed E-state index contributed by atoms with van der Waals surface area (Å²) < 4.78 is 6.47. The highest BCUT2D eigenvalue weighted by molar-refractivity contribution is 7.99. The molecule has 0 amide bonds. The number of hydrogen-bond donors (Lipinski definition) is 0. The maximum Gasteiger partial charge on any atom is 0.256 e. The van der Waals surface area contributed by atoms with Crippen LogP contribution in [0.1, 0.15) is 77.3 Å². The van der Waals surface area contributed by atoms with Crippen LogP contribution >= 0.6 is 11.8 Å². The zero-order valence-electron chi connectivity index (χ0n) is 24.0. The van der Waals surface area contributed by atoms with Gasteiger partial charge in [0.1, 0.15) is 11.5 Å². The molecule has 1 aromatic heterocycles. The third-order valence-corrected chi connectivity index (χ3v) is 12.3. The molecular formula is C36H41NO2S. The molecule has 6 atom stereocenters. The third kappa shape index (κ3) is 4.24. The fourth-order valence-electron chi connectivity index (χ4n) is 9.15. The zero-order chi connectivity index (χ0) is 27.5. The van der Waals surface area contributed by atoms with Gasteiger partial charge < -0.3 is 4.42 Å². The van der Waals surface area contributed by atoms with Crippen molar-refractivity contribution < 1.29 is 9.21 Å². The normalized spacial score (nSPS) is 35.0. The van der Waals surface area contributed by atoms with Gasteiger partial charge in [0.05, 0.1) is 0 Å². The topological polar surface area (TPSA) is 43.1 Å². The molecule has 1 aromatic carbocycles. The van der Waals surface area contributed by atoms with Crippen molar-refractivity contribution in [2.24, 2.45) is 34.5 Å². The fraction of sp³-hybridized carbons (Fsp3) is 0.500. The van der Waals surface area contributed by atoms with E-state index < -0.39 is 0 Å². The Hall–Kier alpha value is -2.59. The van der Waals surface area contributed by atoms with Crippen molar-refractivity contribution in [1.29, 1.82) is 0 Å². The summed E-state index contributed by atoms with van der Waals surface area (Å²) in [6, 6.07) is 10.4. The SMILES string of the molecule is C=C1C=C2CCC3C(C(=O)CC4(C)C(CSc5nc(C6=CCCC=C6)c(-c6ccccc6)o5)CCC34)C2(C)CC1. The smallest absolute Gasteiger partial charge is 0.256 e. The summed E-state index contributed by atoms with van der Waals surface area (Å²) in [6.07, 6.45) is 18.8. The number of Topliss-reactive ketones (excluding diaryl/α,β-unsaturated/α-hetero) is 1. The molecule has 6 unspecified atom stereocenters. The van der Waals surface area contributed by atoms with Crippen molar-refractivity contribution in [1.82, 2.24) is 4.98 Å². The lowest BCUT2D eigenvalue weighted by atomic mass is 9.46. The number of oxazole rings is 1. The molecule has 3 nitrogen and oxygen atoms in total. The predicted molar refractivity (Wildman–Crippen MR) is 164 cm³/mol. The molecule has 0 radical (unpaired) electrons. The lowest BCUT2D eigenvalue weighted by Crippen LogP contribution is -2.54. The monoisotopic (exact) mass is 551 g/mol. The largest absolute Gasteiger partial charge is 0.431 e. The second-order valence-electron chi connectivity index (χ2n) is 13.4. The Bertz CT molecular complexity index is 1430. The van der Waals surface area contributed by atoms with E-state index >= 15 is 0 Å². The Morgan fingerprint density at radius 1 is 1.10 bits per heavy atom. The van der Waals surface area contributed by atoms with Crippen LogP contribution in [0.5, 0.6) is 0 Å². The van der Waals surface area contributed by atoms with Crippen LogP contribution in [0.25, 0.3) is 16.9 Å². The van der Waals surface area contributed by atoms with Crippen molar-refractivity contribution >= 4 is 23.1 Å². The highest BCUT2D eigenvalue weighted by Gasteiger charge is 2.61. The van der Waals surface area contributed by atoms with Crippen LogP contribution in [0.15, 0.2) is 82.0 Å². The Kier molecular flexibility index (Phi) is 6.61. The molecule has 40 heavy (non-hydrogen) atoms. The number of nitrogens with zero attached hydrogens (tertiary/aromatic N) is 1. The predicted octanol–water partition coefficient (Wildman–Crippen LogP) is 9.48. The quantitative estimate of drug-likeness (QED) is 0.347. The van der Waals surface area contributed by atoms with E-state index in [0.29, 0.717) is 23.5 Å². The van der Waals surface area contributed by atoms with Gasteiger partial charge in [0, 0.05) is 23.7 Å². The first-order valence-electron chi connectivity index (χ1n) is 15.3. The van der Waals surface area contributed by atoms with Crippen LogP contribution in [-0.4, -0.2) is 16.5 Å². The molecule has 7 rings (SSSR count). The average molecular weight is 552 g/mol. The minimum absolute atomic E-state index is 0.0416. The summed E-state index contributed by atoms with van der Waals surface area (Å²) in [5, 5.41) is 0.753. The summed E-state index contributed by atoms with van der Waals surface area (Å²) >= 11 is 1.75. The minimum atomic E-state index is 0.0416. The maximum atomic E-state index is 14.0. The Labute approximate surface area is 243 Å². The van der Waals surface area contributed by atoms with E-state index in [1.165, 1.54) is 24.0 Å². The highest BCUT2D eigenvalue weighted by atomic mass is 32.2. The first-order chi connectivity index (χ1) is 19.4. The summed E-state index contributed by atoms with van der Waals surface area (Å²) in [6.45, 7) is 9.08. The lowest BCUT2D eigenvalue weighted by Gasteiger charge is -2.57. The Balaban J connectivity index is 1.12. The van der Waals surface area contributed by atoms with Gasteiger partial charge in [-0.1, -0.05) is 98.0 Å². The summed E-state index contributed by atoms with van der Waals surface area (Å²) in [4.78, 5) is 19.1. The van der Waals surface area contributed by atoms with Gasteiger partial charge in [-0.15, -0.1) is 0 Å². The second-order valence-corrected chi connectivity index (χ2v) is 14.4.